The van der Waals surface area contributed by atoms with E-state index in [1.165, 1.54) is 26.0 Å². The van der Waals surface area contributed by atoms with Gasteiger partial charge in [-0.1, -0.05) is 33.4 Å². The molecule has 0 bridgehead atoms. The van der Waals surface area contributed by atoms with Gasteiger partial charge in [0, 0.05) is 38.5 Å². The summed E-state index contributed by atoms with van der Waals surface area (Å²) in [7, 11) is 0. The number of carbonyl (C=O) groups is 5. The number of Topliss-reactive ketones (excluding diaryl/α,β-unsaturated/α-hetero) is 1. The number of carbonyl (C=O) groups excluding carboxylic acids is 5. The smallest absolute Gasteiger partial charge is 0.312 e. The van der Waals surface area contributed by atoms with E-state index in [-0.39, 0.29) is 24.2 Å². The zero-order chi connectivity index (χ0) is 29.4. The van der Waals surface area contributed by atoms with Crippen molar-refractivity contribution >= 4 is 41.3 Å². The molecule has 2 fully saturated rings. The minimum atomic E-state index is -2.22. The zero-order valence-corrected chi connectivity index (χ0v) is 23.9. The minimum Gasteiger partial charge on any atom is -0.461 e. The number of halogens is 1. The second kappa shape index (κ2) is 11.4. The lowest BCUT2D eigenvalue weighted by Crippen LogP contribution is -2.69. The van der Waals surface area contributed by atoms with Crippen LogP contribution >= 0.6 is 11.6 Å². The number of alkyl halides is 1. The van der Waals surface area contributed by atoms with Gasteiger partial charge in [-0.15, -0.1) is 11.6 Å². The maximum Gasteiger partial charge on any atom is 0.312 e. The van der Waals surface area contributed by atoms with Gasteiger partial charge >= 0.3 is 23.9 Å². The highest BCUT2D eigenvalue weighted by atomic mass is 35.5. The van der Waals surface area contributed by atoms with Crippen molar-refractivity contribution in [2.45, 2.75) is 96.2 Å². The van der Waals surface area contributed by atoms with Crippen molar-refractivity contribution in [1.82, 2.24) is 0 Å². The fraction of sp³-hybridized carbons (Fsp3) is 0.679. The molecule has 1 N–H and O–H groups in total. The molecule has 216 valence electrons. The molecule has 0 radical (unpaired) electrons. The molecular weight excluding hydrogens is 532 g/mol. The summed E-state index contributed by atoms with van der Waals surface area (Å²) in [4.78, 5) is 63.9. The monoisotopic (exact) mass is 568 g/mol. The lowest BCUT2D eigenvalue weighted by molar-refractivity contribution is -0.232. The lowest BCUT2D eigenvalue weighted by atomic mass is 9.53. The fourth-order valence-electron chi connectivity index (χ4n) is 6.24. The highest BCUT2D eigenvalue weighted by molar-refractivity contribution is 6.23. The molecular formula is C28H37ClO10. The van der Waals surface area contributed by atoms with Crippen molar-refractivity contribution in [3.63, 3.8) is 0 Å². The van der Waals surface area contributed by atoms with Gasteiger partial charge in [0.15, 0.2) is 11.7 Å². The SMILES string of the molecule is C=C1/C=C/[C@@H](OC(C)=O)[C@@]2(C)[C@H]([C@@H](C)C(=O)C[C@@H]2OC(=O)CCC)[C@H](OC(C)=O)[C@@]2(O)[C@@H](C)C(=O)O[C@H]2[C@H]1Cl. The Morgan fingerprint density at radius 1 is 1.15 bits per heavy atom. The topological polar surface area (TPSA) is 143 Å². The number of aliphatic hydroxyl groups is 1. The van der Waals surface area contributed by atoms with E-state index in [1.54, 1.807) is 20.8 Å². The fourth-order valence-corrected chi connectivity index (χ4v) is 6.56. The number of hydrogen-bond acceptors (Lipinski definition) is 10. The summed E-state index contributed by atoms with van der Waals surface area (Å²) in [6, 6.07) is 0. The van der Waals surface area contributed by atoms with E-state index in [2.05, 4.69) is 6.58 Å². The maximum absolute atomic E-state index is 13.4. The molecule has 0 aromatic carbocycles. The maximum atomic E-state index is 13.4. The first-order valence-electron chi connectivity index (χ1n) is 13.1. The van der Waals surface area contributed by atoms with Crippen LogP contribution in [0.4, 0.5) is 0 Å². The number of rotatable bonds is 5. The Morgan fingerprint density at radius 2 is 1.77 bits per heavy atom. The summed E-state index contributed by atoms with van der Waals surface area (Å²) in [6.45, 7) is 12.8. The number of ketones is 1. The van der Waals surface area contributed by atoms with Crippen molar-refractivity contribution in [1.29, 1.82) is 0 Å². The van der Waals surface area contributed by atoms with E-state index in [9.17, 15) is 29.1 Å². The third-order valence-corrected chi connectivity index (χ3v) is 8.91. The molecule has 1 saturated heterocycles. The average Bonchev–Trinajstić information content (AvgIpc) is 3.07. The van der Waals surface area contributed by atoms with Crippen LogP contribution in [0.3, 0.4) is 0 Å². The Balaban J connectivity index is 2.39. The van der Waals surface area contributed by atoms with Crippen molar-refractivity contribution in [2.75, 3.05) is 0 Å². The molecule has 3 rings (SSSR count). The largest absolute Gasteiger partial charge is 0.461 e. The molecule has 0 amide bonds. The van der Waals surface area contributed by atoms with Crippen LogP contribution in [0.15, 0.2) is 24.3 Å². The van der Waals surface area contributed by atoms with E-state index in [0.717, 1.165) is 6.92 Å². The Bertz CT molecular complexity index is 1080. The molecule has 10 nitrogen and oxygen atoms in total. The van der Waals surface area contributed by atoms with Gasteiger partial charge in [0.05, 0.1) is 16.7 Å². The predicted octanol–water partition coefficient (Wildman–Crippen LogP) is 2.82. The van der Waals surface area contributed by atoms with Crippen LogP contribution in [-0.2, 0) is 42.9 Å². The minimum absolute atomic E-state index is 0.0819. The van der Waals surface area contributed by atoms with Gasteiger partial charge < -0.3 is 24.1 Å². The van der Waals surface area contributed by atoms with Gasteiger partial charge in [0.25, 0.3) is 0 Å². The average molecular weight is 569 g/mol. The first-order valence-corrected chi connectivity index (χ1v) is 13.5. The third kappa shape index (κ3) is 5.37. The van der Waals surface area contributed by atoms with Gasteiger partial charge in [-0.25, -0.2) is 0 Å². The molecule has 1 saturated carbocycles. The van der Waals surface area contributed by atoms with Crippen molar-refractivity contribution in [3.05, 3.63) is 24.3 Å². The second-order valence-corrected chi connectivity index (χ2v) is 11.4. The van der Waals surface area contributed by atoms with Crippen LogP contribution in [0.5, 0.6) is 0 Å². The molecule has 0 aromatic rings. The molecule has 1 aliphatic heterocycles. The standard InChI is InChI=1S/C28H37ClO10/c1-8-9-21(33)38-20-12-18(32)14(3)22-24(37-17(6)31)28(35)15(4)26(34)39-25(28)23(29)13(2)10-11-19(27(20,22)7)36-16(5)30/h10-11,14-15,19-20,22-25,35H,2,8-9,12H2,1,3-7H3/b11-10+/t14-,15-,19+,20-,22+,23-,24-,25-,27+,28-/m0/s1. The quantitative estimate of drug-likeness (QED) is 0.299. The predicted molar refractivity (Wildman–Crippen MR) is 138 cm³/mol. The van der Waals surface area contributed by atoms with E-state index < -0.39 is 82.4 Å². The highest BCUT2D eigenvalue weighted by Crippen LogP contribution is 2.56. The number of allylic oxidation sites excluding steroid dienone is 1. The van der Waals surface area contributed by atoms with E-state index in [1.807, 2.05) is 0 Å². The molecule has 11 heteroatoms. The zero-order valence-electron chi connectivity index (χ0n) is 23.1. The van der Waals surface area contributed by atoms with Gasteiger partial charge in [-0.05, 0) is 25.0 Å². The van der Waals surface area contributed by atoms with Crippen LogP contribution in [0.25, 0.3) is 0 Å². The van der Waals surface area contributed by atoms with Crippen molar-refractivity contribution in [3.8, 4) is 0 Å². The Labute approximate surface area is 233 Å². The molecule has 3 aliphatic rings. The first kappa shape index (κ1) is 30.8. The summed E-state index contributed by atoms with van der Waals surface area (Å²) in [5.74, 6) is -6.36. The number of ether oxygens (including phenoxy) is 4. The van der Waals surface area contributed by atoms with Gasteiger partial charge in [-0.2, -0.15) is 0 Å². The number of esters is 4. The summed E-state index contributed by atoms with van der Waals surface area (Å²) in [5, 5.41) is 11.2. The van der Waals surface area contributed by atoms with Gasteiger partial charge in [0.1, 0.15) is 24.1 Å². The lowest BCUT2D eigenvalue weighted by Gasteiger charge is -2.56. The molecule has 0 unspecified atom stereocenters. The van der Waals surface area contributed by atoms with Crippen molar-refractivity contribution in [2.24, 2.45) is 23.2 Å². The molecule has 0 spiro atoms. The number of hydrogen-bond donors (Lipinski definition) is 1. The Kier molecular flexibility index (Phi) is 9.02. The van der Waals surface area contributed by atoms with Crippen LogP contribution in [-0.4, -0.2) is 70.2 Å². The van der Waals surface area contributed by atoms with Crippen LogP contribution in [0.2, 0.25) is 0 Å². The molecule has 2 aliphatic carbocycles. The summed E-state index contributed by atoms with van der Waals surface area (Å²) in [5.41, 5.74) is -3.42. The summed E-state index contributed by atoms with van der Waals surface area (Å²) in [6.07, 6.45) is -1.84. The summed E-state index contributed by atoms with van der Waals surface area (Å²) < 4.78 is 22.9. The molecule has 39 heavy (non-hydrogen) atoms. The van der Waals surface area contributed by atoms with Crippen molar-refractivity contribution < 1.29 is 48.0 Å². The molecule has 10 atom stereocenters. The Hall–Kier alpha value is -2.72. The highest BCUT2D eigenvalue weighted by Gasteiger charge is 2.70. The number of fused-ring (bicyclic) bond motifs is 2. The first-order chi connectivity index (χ1) is 18.1. The normalized spacial score (nSPS) is 41.0. The third-order valence-electron chi connectivity index (χ3n) is 8.41. The van der Waals surface area contributed by atoms with E-state index in [4.69, 9.17) is 30.5 Å². The second-order valence-electron chi connectivity index (χ2n) is 10.9. The van der Waals surface area contributed by atoms with E-state index in [0.29, 0.717) is 6.42 Å². The van der Waals surface area contributed by atoms with Gasteiger partial charge in [0.2, 0.25) is 0 Å². The molecule has 0 aromatic heterocycles. The molecule has 1 heterocycles. The van der Waals surface area contributed by atoms with Crippen LogP contribution in [0.1, 0.15) is 60.8 Å². The Morgan fingerprint density at radius 3 is 2.33 bits per heavy atom. The summed E-state index contributed by atoms with van der Waals surface area (Å²) >= 11 is 6.68. The van der Waals surface area contributed by atoms with Crippen LogP contribution in [0, 0.1) is 23.2 Å². The van der Waals surface area contributed by atoms with Gasteiger partial charge in [-0.3, -0.25) is 24.0 Å². The van der Waals surface area contributed by atoms with E-state index >= 15 is 0 Å². The van der Waals surface area contributed by atoms with Crippen LogP contribution < -0.4 is 0 Å².